The summed E-state index contributed by atoms with van der Waals surface area (Å²) < 4.78 is 0. The molecule has 0 amide bonds. The number of para-hydroxylation sites is 1. The summed E-state index contributed by atoms with van der Waals surface area (Å²) in [7, 11) is 0. The minimum Gasteiger partial charge on any atom is -0.368 e. The molecule has 3 aromatic carbocycles. The van der Waals surface area contributed by atoms with E-state index in [0.29, 0.717) is 0 Å². The highest BCUT2D eigenvalue weighted by molar-refractivity contribution is 6.30. The molecule has 0 radical (unpaired) electrons. The normalized spacial score (nSPS) is 11.2. The minimum atomic E-state index is -0.102. The monoisotopic (exact) mass is 317 g/mol. The highest BCUT2D eigenvalue weighted by atomic mass is 35.5. The third-order valence-electron chi connectivity index (χ3n) is 3.42. The standard InChI is InChI=1S/C21H16ClN/c22-19-14-12-18(13-15-19)21(23-20-9-5-2-6-10-20)16-11-17-7-3-1-4-8-17/h1-10,12-15,21,23H. The Kier molecular flexibility index (Phi) is 4.99. The van der Waals surface area contributed by atoms with E-state index in [1.165, 1.54) is 0 Å². The topological polar surface area (TPSA) is 12.0 Å². The molecule has 0 aliphatic heterocycles. The first-order valence-electron chi connectivity index (χ1n) is 7.45. The van der Waals surface area contributed by atoms with Crippen LogP contribution in [0.3, 0.4) is 0 Å². The Morgan fingerprint density at radius 1 is 0.739 bits per heavy atom. The SMILES string of the molecule is Clc1ccc(C(C#Cc2ccccc2)Nc2ccccc2)cc1. The van der Waals surface area contributed by atoms with Crippen LogP contribution in [-0.4, -0.2) is 0 Å². The molecule has 1 N–H and O–H groups in total. The van der Waals surface area contributed by atoms with E-state index in [4.69, 9.17) is 11.6 Å². The first-order chi connectivity index (χ1) is 11.3. The molecule has 0 bridgehead atoms. The summed E-state index contributed by atoms with van der Waals surface area (Å²) in [6.07, 6.45) is 0. The number of benzene rings is 3. The Bertz CT molecular complexity index is 799. The van der Waals surface area contributed by atoms with Crippen LogP contribution in [0.1, 0.15) is 17.2 Å². The van der Waals surface area contributed by atoms with Crippen molar-refractivity contribution in [3.8, 4) is 11.8 Å². The summed E-state index contributed by atoms with van der Waals surface area (Å²) in [5, 5.41) is 4.19. The summed E-state index contributed by atoms with van der Waals surface area (Å²) in [6, 6.07) is 27.8. The van der Waals surface area contributed by atoms with Crippen molar-refractivity contribution in [1.29, 1.82) is 0 Å². The third-order valence-corrected chi connectivity index (χ3v) is 3.67. The van der Waals surface area contributed by atoms with Crippen molar-refractivity contribution in [2.45, 2.75) is 6.04 Å². The fourth-order valence-electron chi connectivity index (χ4n) is 2.24. The van der Waals surface area contributed by atoms with E-state index >= 15 is 0 Å². The van der Waals surface area contributed by atoms with Gasteiger partial charge in [-0.2, -0.15) is 0 Å². The molecule has 23 heavy (non-hydrogen) atoms. The molecule has 0 aliphatic carbocycles. The Hall–Kier alpha value is -2.69. The van der Waals surface area contributed by atoms with Crippen LogP contribution in [0.25, 0.3) is 0 Å². The predicted molar refractivity (Wildman–Crippen MR) is 97.6 cm³/mol. The summed E-state index contributed by atoms with van der Waals surface area (Å²) in [5.74, 6) is 6.55. The maximum atomic E-state index is 5.99. The second kappa shape index (κ2) is 7.54. The van der Waals surface area contributed by atoms with Gasteiger partial charge >= 0.3 is 0 Å². The molecule has 1 nitrogen and oxygen atoms in total. The Morgan fingerprint density at radius 2 is 1.35 bits per heavy atom. The molecule has 0 spiro atoms. The van der Waals surface area contributed by atoms with Gasteiger partial charge < -0.3 is 5.32 Å². The number of rotatable bonds is 3. The summed E-state index contributed by atoms with van der Waals surface area (Å²) in [4.78, 5) is 0. The van der Waals surface area contributed by atoms with Crippen molar-refractivity contribution >= 4 is 17.3 Å². The minimum absolute atomic E-state index is 0.102. The molecule has 1 atom stereocenters. The van der Waals surface area contributed by atoms with Crippen LogP contribution < -0.4 is 5.32 Å². The van der Waals surface area contributed by atoms with E-state index < -0.39 is 0 Å². The summed E-state index contributed by atoms with van der Waals surface area (Å²) in [5.41, 5.74) is 3.12. The van der Waals surface area contributed by atoms with Crippen LogP contribution in [0.4, 0.5) is 5.69 Å². The number of hydrogen-bond donors (Lipinski definition) is 1. The van der Waals surface area contributed by atoms with E-state index in [1.54, 1.807) is 0 Å². The summed E-state index contributed by atoms with van der Waals surface area (Å²) in [6.45, 7) is 0. The smallest absolute Gasteiger partial charge is 0.114 e. The predicted octanol–water partition coefficient (Wildman–Crippen LogP) is 5.54. The second-order valence-electron chi connectivity index (χ2n) is 5.13. The van der Waals surface area contributed by atoms with Crippen LogP contribution in [0.5, 0.6) is 0 Å². The average Bonchev–Trinajstić information content (AvgIpc) is 2.61. The Balaban J connectivity index is 1.90. The molecule has 0 heterocycles. The molecular weight excluding hydrogens is 302 g/mol. The lowest BCUT2D eigenvalue weighted by atomic mass is 10.1. The average molecular weight is 318 g/mol. The fraction of sp³-hybridized carbons (Fsp3) is 0.0476. The molecular formula is C21H16ClN. The lowest BCUT2D eigenvalue weighted by molar-refractivity contribution is 1.02. The number of hydrogen-bond acceptors (Lipinski definition) is 1. The molecule has 0 aromatic heterocycles. The van der Waals surface area contributed by atoms with Crippen LogP contribution in [0.2, 0.25) is 5.02 Å². The largest absolute Gasteiger partial charge is 0.368 e. The lowest BCUT2D eigenvalue weighted by Gasteiger charge is -2.15. The number of anilines is 1. The van der Waals surface area contributed by atoms with E-state index in [0.717, 1.165) is 21.8 Å². The van der Waals surface area contributed by atoms with Gasteiger partial charge in [-0.05, 0) is 42.0 Å². The van der Waals surface area contributed by atoms with E-state index in [2.05, 4.69) is 17.2 Å². The van der Waals surface area contributed by atoms with Gasteiger partial charge in [-0.3, -0.25) is 0 Å². The van der Waals surface area contributed by atoms with Gasteiger partial charge in [0, 0.05) is 16.3 Å². The highest BCUT2D eigenvalue weighted by Gasteiger charge is 2.08. The van der Waals surface area contributed by atoms with Crippen molar-refractivity contribution in [3.05, 3.63) is 101 Å². The third kappa shape index (κ3) is 4.39. The zero-order chi connectivity index (χ0) is 15.9. The first-order valence-corrected chi connectivity index (χ1v) is 7.83. The second-order valence-corrected chi connectivity index (χ2v) is 5.57. The van der Waals surface area contributed by atoms with E-state index in [1.807, 2.05) is 84.9 Å². The molecule has 0 saturated carbocycles. The van der Waals surface area contributed by atoms with Crippen LogP contribution in [-0.2, 0) is 0 Å². The lowest BCUT2D eigenvalue weighted by Crippen LogP contribution is -2.08. The Labute approximate surface area is 141 Å². The quantitative estimate of drug-likeness (QED) is 0.625. The summed E-state index contributed by atoms with van der Waals surface area (Å²) >= 11 is 5.99. The van der Waals surface area contributed by atoms with Crippen LogP contribution in [0, 0.1) is 11.8 Å². The van der Waals surface area contributed by atoms with E-state index in [-0.39, 0.29) is 6.04 Å². The van der Waals surface area contributed by atoms with Gasteiger partial charge in [0.05, 0.1) is 0 Å². The molecule has 2 heteroatoms. The van der Waals surface area contributed by atoms with Crippen LogP contribution >= 0.6 is 11.6 Å². The molecule has 1 unspecified atom stereocenters. The van der Waals surface area contributed by atoms with Crippen molar-refractivity contribution in [2.24, 2.45) is 0 Å². The maximum absolute atomic E-state index is 5.99. The van der Waals surface area contributed by atoms with Gasteiger partial charge in [-0.25, -0.2) is 0 Å². The number of nitrogens with one attached hydrogen (secondary N) is 1. The molecule has 0 aliphatic rings. The molecule has 3 aromatic rings. The highest BCUT2D eigenvalue weighted by Crippen LogP contribution is 2.21. The van der Waals surface area contributed by atoms with Gasteiger partial charge in [0.1, 0.15) is 6.04 Å². The molecule has 112 valence electrons. The van der Waals surface area contributed by atoms with Gasteiger partial charge in [0.2, 0.25) is 0 Å². The molecule has 0 fully saturated rings. The zero-order valence-corrected chi connectivity index (χ0v) is 13.3. The number of halogens is 1. The fourth-order valence-corrected chi connectivity index (χ4v) is 2.36. The van der Waals surface area contributed by atoms with Gasteiger partial charge in [0.25, 0.3) is 0 Å². The van der Waals surface area contributed by atoms with E-state index in [9.17, 15) is 0 Å². The van der Waals surface area contributed by atoms with Crippen molar-refractivity contribution in [3.63, 3.8) is 0 Å². The van der Waals surface area contributed by atoms with Crippen molar-refractivity contribution < 1.29 is 0 Å². The molecule has 0 saturated heterocycles. The van der Waals surface area contributed by atoms with Gasteiger partial charge in [-0.1, -0.05) is 72.0 Å². The zero-order valence-electron chi connectivity index (χ0n) is 12.5. The maximum Gasteiger partial charge on any atom is 0.114 e. The van der Waals surface area contributed by atoms with Crippen LogP contribution in [0.15, 0.2) is 84.9 Å². The first kappa shape index (κ1) is 15.2. The molecule has 3 rings (SSSR count). The van der Waals surface area contributed by atoms with Crippen molar-refractivity contribution in [2.75, 3.05) is 5.32 Å². The van der Waals surface area contributed by atoms with Gasteiger partial charge in [0.15, 0.2) is 0 Å². The van der Waals surface area contributed by atoms with Gasteiger partial charge in [-0.15, -0.1) is 0 Å². The Morgan fingerprint density at radius 3 is 2.00 bits per heavy atom. The van der Waals surface area contributed by atoms with Crippen molar-refractivity contribution in [1.82, 2.24) is 0 Å².